The van der Waals surface area contributed by atoms with Gasteiger partial charge in [-0.1, -0.05) is 30.2 Å². The molecule has 1 aromatic carbocycles. The number of ketones is 2. The smallest absolute Gasteiger partial charge is 0.191 e. The first-order valence-corrected chi connectivity index (χ1v) is 10.6. The maximum absolute atomic E-state index is 13.6. The molecule has 7 nitrogen and oxygen atoms in total. The summed E-state index contributed by atoms with van der Waals surface area (Å²) in [5, 5.41) is 3.48. The molecule has 0 amide bonds. The summed E-state index contributed by atoms with van der Waals surface area (Å²) in [6, 6.07) is 7.93. The predicted octanol–water partition coefficient (Wildman–Crippen LogP) is 3.88. The second-order valence-electron chi connectivity index (χ2n) is 7.34. The first-order chi connectivity index (χ1) is 12.8. The van der Waals surface area contributed by atoms with Crippen LogP contribution in [0.1, 0.15) is 46.0 Å². The molecule has 0 saturated heterocycles. The van der Waals surface area contributed by atoms with Gasteiger partial charge in [-0.25, -0.2) is 8.42 Å². The van der Waals surface area contributed by atoms with Gasteiger partial charge >= 0.3 is 0 Å². The molecule has 0 spiro atoms. The van der Waals surface area contributed by atoms with Gasteiger partial charge < -0.3 is 4.79 Å². The Kier molecular flexibility index (Phi) is 6.78. The highest BCUT2D eigenvalue weighted by Gasteiger charge is 2.57. The average molecular weight is 391 g/mol. The molecule has 8 heteroatoms. The van der Waals surface area contributed by atoms with Gasteiger partial charge in [-0.05, 0) is 55.7 Å². The lowest BCUT2D eigenvalue weighted by Crippen LogP contribution is -2.56. The van der Waals surface area contributed by atoms with Crippen LogP contribution in [-0.2, 0) is 19.4 Å². The van der Waals surface area contributed by atoms with Crippen LogP contribution >= 0.6 is 0 Å². The number of benzene rings is 1. The van der Waals surface area contributed by atoms with E-state index in [-0.39, 0.29) is 54.6 Å². The normalized spacial score (nSPS) is 25.6. The average Bonchev–Trinajstić information content (AvgIpc) is 2.60. The maximum atomic E-state index is 13.6. The van der Waals surface area contributed by atoms with Crippen molar-refractivity contribution in [3.05, 3.63) is 40.8 Å². The Bertz CT molecular complexity index is 847. The Morgan fingerprint density at radius 1 is 1.33 bits per heavy atom. The Hall–Kier alpha value is -2.18. The van der Waals surface area contributed by atoms with Gasteiger partial charge in [0.05, 0.1) is 4.90 Å². The molecule has 3 atom stereocenters. The lowest BCUT2D eigenvalue weighted by Gasteiger charge is -2.44. The van der Waals surface area contributed by atoms with Crippen molar-refractivity contribution in [1.82, 2.24) is 0 Å². The molecule has 146 valence electrons. The molecule has 27 heavy (non-hydrogen) atoms. The standard InChI is InChI=1S/C19H25N3O4S/c1-14-11-16(13-15(2)23)19(18(24)12-14,9-6-10-21-22-20)27(25,26)17-7-4-3-5-8-17/h3-5,7-8,14,16H,6,9-13H2,1-2H3/t14?,16?,19-/m0/s1. The van der Waals surface area contributed by atoms with Crippen molar-refractivity contribution >= 4 is 21.4 Å². The molecule has 1 saturated carbocycles. The van der Waals surface area contributed by atoms with Crippen molar-refractivity contribution in [2.75, 3.05) is 6.54 Å². The van der Waals surface area contributed by atoms with Crippen molar-refractivity contribution in [2.45, 2.75) is 55.6 Å². The van der Waals surface area contributed by atoms with Gasteiger partial charge in [0.25, 0.3) is 0 Å². The van der Waals surface area contributed by atoms with Gasteiger partial charge in [-0.2, -0.15) is 0 Å². The molecule has 1 fully saturated rings. The summed E-state index contributed by atoms with van der Waals surface area (Å²) in [5.74, 6) is -1.03. The van der Waals surface area contributed by atoms with Crippen molar-refractivity contribution in [1.29, 1.82) is 0 Å². The molecule has 1 aliphatic rings. The highest BCUT2D eigenvalue weighted by atomic mass is 32.2. The number of Topliss-reactive ketones (excluding diaryl/α,β-unsaturated/α-hetero) is 2. The summed E-state index contributed by atoms with van der Waals surface area (Å²) in [6.45, 7) is 3.44. The molecular weight excluding hydrogens is 366 g/mol. The monoisotopic (exact) mass is 391 g/mol. The second kappa shape index (κ2) is 8.67. The summed E-state index contributed by atoms with van der Waals surface area (Å²) in [6.07, 6.45) is 1.03. The van der Waals surface area contributed by atoms with Gasteiger partial charge in [0, 0.05) is 24.3 Å². The zero-order valence-electron chi connectivity index (χ0n) is 15.7. The molecule has 1 aliphatic carbocycles. The molecule has 0 aliphatic heterocycles. The minimum absolute atomic E-state index is 0.0260. The molecule has 0 bridgehead atoms. The zero-order chi connectivity index (χ0) is 20.1. The lowest BCUT2D eigenvalue weighted by molar-refractivity contribution is -0.128. The SMILES string of the molecule is CC(=O)CC1CC(C)CC(=O)[C@@]1(CCCN=[N+]=[N-])S(=O)(=O)c1ccccc1. The third-order valence-corrected chi connectivity index (χ3v) is 7.91. The fourth-order valence-corrected chi connectivity index (χ4v) is 6.54. The highest BCUT2D eigenvalue weighted by Crippen LogP contribution is 2.47. The number of sulfone groups is 1. The highest BCUT2D eigenvalue weighted by molar-refractivity contribution is 7.93. The van der Waals surface area contributed by atoms with Crippen LogP contribution < -0.4 is 0 Å². The minimum Gasteiger partial charge on any atom is -0.300 e. The van der Waals surface area contributed by atoms with Gasteiger partial charge in [0.2, 0.25) is 0 Å². The summed E-state index contributed by atoms with van der Waals surface area (Å²) in [5.41, 5.74) is 8.49. The topological polar surface area (TPSA) is 117 Å². The van der Waals surface area contributed by atoms with E-state index in [1.54, 1.807) is 18.2 Å². The molecule has 0 heterocycles. The summed E-state index contributed by atoms with van der Waals surface area (Å²) in [4.78, 5) is 27.9. The molecule has 2 unspecified atom stereocenters. The summed E-state index contributed by atoms with van der Waals surface area (Å²) in [7, 11) is -4.01. The number of hydrogen-bond donors (Lipinski definition) is 0. The van der Waals surface area contributed by atoms with Crippen molar-refractivity contribution < 1.29 is 18.0 Å². The fraction of sp³-hybridized carbons (Fsp3) is 0.579. The van der Waals surface area contributed by atoms with Crippen LogP contribution in [0.2, 0.25) is 0 Å². The molecule has 0 aromatic heterocycles. The van der Waals surface area contributed by atoms with Crippen LogP contribution in [0.4, 0.5) is 0 Å². The Labute approximate surface area is 159 Å². The largest absolute Gasteiger partial charge is 0.300 e. The number of hydrogen-bond acceptors (Lipinski definition) is 5. The zero-order valence-corrected chi connectivity index (χ0v) is 16.5. The van der Waals surface area contributed by atoms with E-state index in [0.29, 0.717) is 6.42 Å². The number of nitrogens with zero attached hydrogens (tertiary/aromatic N) is 3. The van der Waals surface area contributed by atoms with Crippen molar-refractivity contribution in [2.24, 2.45) is 17.0 Å². The van der Waals surface area contributed by atoms with Crippen LogP contribution in [0.5, 0.6) is 0 Å². The maximum Gasteiger partial charge on any atom is 0.191 e. The van der Waals surface area contributed by atoms with E-state index < -0.39 is 20.5 Å². The first kappa shape index (κ1) is 21.1. The van der Waals surface area contributed by atoms with Crippen molar-refractivity contribution in [3.63, 3.8) is 0 Å². The first-order valence-electron chi connectivity index (χ1n) is 9.09. The van der Waals surface area contributed by atoms with E-state index in [1.165, 1.54) is 19.1 Å². The number of carbonyl (C=O) groups is 2. The molecule has 0 radical (unpaired) electrons. The van der Waals surface area contributed by atoms with E-state index in [2.05, 4.69) is 10.0 Å². The van der Waals surface area contributed by atoms with Crippen molar-refractivity contribution in [3.8, 4) is 0 Å². The van der Waals surface area contributed by atoms with E-state index in [1.807, 2.05) is 6.92 Å². The van der Waals surface area contributed by atoms with E-state index in [9.17, 15) is 18.0 Å². The minimum atomic E-state index is -4.01. The number of rotatable bonds is 8. The van der Waals surface area contributed by atoms with Crippen LogP contribution in [0, 0.1) is 11.8 Å². The van der Waals surface area contributed by atoms with E-state index in [4.69, 9.17) is 5.53 Å². The lowest BCUT2D eigenvalue weighted by atomic mass is 9.69. The van der Waals surface area contributed by atoms with Gasteiger partial charge in [0.15, 0.2) is 15.6 Å². The van der Waals surface area contributed by atoms with Crippen LogP contribution in [-0.4, -0.2) is 31.3 Å². The van der Waals surface area contributed by atoms with Crippen LogP contribution in [0.25, 0.3) is 10.4 Å². The summed E-state index contributed by atoms with van der Waals surface area (Å²) < 4.78 is 25.6. The predicted molar refractivity (Wildman–Crippen MR) is 102 cm³/mol. The van der Waals surface area contributed by atoms with E-state index in [0.717, 1.165) is 0 Å². The van der Waals surface area contributed by atoms with Crippen LogP contribution in [0.15, 0.2) is 40.3 Å². The Morgan fingerprint density at radius 3 is 2.59 bits per heavy atom. The molecule has 0 N–H and O–H groups in total. The second-order valence-corrected chi connectivity index (χ2v) is 9.54. The molecule has 1 aromatic rings. The third kappa shape index (κ3) is 4.22. The van der Waals surface area contributed by atoms with Gasteiger partial charge in [-0.3, -0.25) is 4.79 Å². The Morgan fingerprint density at radius 2 is 2.00 bits per heavy atom. The Balaban J connectivity index is 2.60. The summed E-state index contributed by atoms with van der Waals surface area (Å²) >= 11 is 0. The van der Waals surface area contributed by atoms with E-state index >= 15 is 0 Å². The number of carbonyl (C=O) groups excluding carboxylic acids is 2. The number of azide groups is 1. The fourth-order valence-electron chi connectivity index (χ4n) is 4.19. The quantitative estimate of drug-likeness (QED) is 0.289. The molecular formula is C19H25N3O4S. The third-order valence-electron chi connectivity index (χ3n) is 5.29. The van der Waals surface area contributed by atoms with Crippen LogP contribution in [0.3, 0.4) is 0 Å². The van der Waals surface area contributed by atoms with Gasteiger partial charge in [0.1, 0.15) is 10.5 Å². The van der Waals surface area contributed by atoms with Gasteiger partial charge in [-0.15, -0.1) is 0 Å². The molecule has 2 rings (SSSR count).